The fourth-order valence-corrected chi connectivity index (χ4v) is 3.43. The fraction of sp³-hybridized carbons (Fsp3) is 0.200. The van der Waals surface area contributed by atoms with Gasteiger partial charge in [-0.15, -0.1) is 0 Å². The minimum Gasteiger partial charge on any atom is -0.497 e. The number of nitrogens with zero attached hydrogens (tertiary/aromatic N) is 2. The van der Waals surface area contributed by atoms with Crippen molar-refractivity contribution in [3.63, 3.8) is 0 Å². The first kappa shape index (κ1) is 18.1. The molecule has 4 rings (SSSR count). The molecule has 0 radical (unpaired) electrons. The number of benzene rings is 2. The Balaban J connectivity index is 1.85. The topological polar surface area (TPSA) is 56.2 Å². The predicted molar refractivity (Wildman–Crippen MR) is 96.6 cm³/mol. The van der Waals surface area contributed by atoms with Crippen LogP contribution >= 0.6 is 0 Å². The summed E-state index contributed by atoms with van der Waals surface area (Å²) in [5.41, 5.74) is 1.04. The maximum Gasteiger partial charge on any atom is 0.416 e. The lowest BCUT2D eigenvalue weighted by molar-refractivity contribution is -0.137. The molecule has 0 saturated heterocycles. The molecule has 1 atom stereocenters. The number of aromatic nitrogens is 2. The summed E-state index contributed by atoms with van der Waals surface area (Å²) in [6, 6.07) is 12.3. The number of nitrogens with one attached hydrogen (secondary N) is 1. The van der Waals surface area contributed by atoms with Gasteiger partial charge < -0.3 is 14.6 Å². The number of alkyl halides is 3. The van der Waals surface area contributed by atoms with Crippen molar-refractivity contribution in [3.8, 4) is 11.4 Å². The van der Waals surface area contributed by atoms with Gasteiger partial charge in [0.05, 0.1) is 24.1 Å². The number of carbonyl (C=O) groups is 1. The average molecular weight is 387 g/mol. The first-order valence-electron chi connectivity index (χ1n) is 8.55. The zero-order valence-corrected chi connectivity index (χ0v) is 14.8. The van der Waals surface area contributed by atoms with E-state index >= 15 is 0 Å². The van der Waals surface area contributed by atoms with Crippen molar-refractivity contribution in [2.45, 2.75) is 18.5 Å². The second-order valence-corrected chi connectivity index (χ2v) is 6.48. The van der Waals surface area contributed by atoms with Crippen LogP contribution in [0.2, 0.25) is 0 Å². The number of ether oxygens (including phenoxy) is 1. The van der Waals surface area contributed by atoms with Crippen LogP contribution in [0.1, 0.15) is 29.2 Å². The summed E-state index contributed by atoms with van der Waals surface area (Å²) in [5, 5.41) is 2.70. The van der Waals surface area contributed by atoms with Gasteiger partial charge in [0.1, 0.15) is 12.1 Å². The monoisotopic (exact) mass is 387 g/mol. The van der Waals surface area contributed by atoms with Crippen LogP contribution in [0.25, 0.3) is 5.69 Å². The first-order valence-corrected chi connectivity index (χ1v) is 8.55. The van der Waals surface area contributed by atoms with Gasteiger partial charge in [0.15, 0.2) is 5.82 Å². The highest BCUT2D eigenvalue weighted by Gasteiger charge is 2.34. The molecule has 0 spiro atoms. The number of imidazole rings is 1. The molecule has 1 aliphatic heterocycles. The second kappa shape index (κ2) is 6.70. The van der Waals surface area contributed by atoms with Gasteiger partial charge in [0, 0.05) is 18.4 Å². The number of methoxy groups -OCH3 is 1. The highest BCUT2D eigenvalue weighted by atomic mass is 19.4. The van der Waals surface area contributed by atoms with Crippen molar-refractivity contribution >= 4 is 11.7 Å². The van der Waals surface area contributed by atoms with E-state index in [4.69, 9.17) is 4.74 Å². The van der Waals surface area contributed by atoms with Gasteiger partial charge in [-0.3, -0.25) is 4.79 Å². The zero-order valence-electron chi connectivity index (χ0n) is 14.8. The third kappa shape index (κ3) is 3.21. The summed E-state index contributed by atoms with van der Waals surface area (Å²) >= 11 is 0. The Morgan fingerprint density at radius 3 is 2.71 bits per heavy atom. The van der Waals surface area contributed by atoms with Gasteiger partial charge >= 0.3 is 6.18 Å². The average Bonchev–Trinajstić information content (AvgIpc) is 3.10. The van der Waals surface area contributed by atoms with Crippen LogP contribution in [0.4, 0.5) is 19.0 Å². The van der Waals surface area contributed by atoms with E-state index in [0.717, 1.165) is 17.8 Å². The normalized spacial score (nSPS) is 16.4. The smallest absolute Gasteiger partial charge is 0.416 e. The molecule has 5 nitrogen and oxygen atoms in total. The minimum absolute atomic E-state index is 0.0317. The minimum atomic E-state index is -4.46. The fourth-order valence-electron chi connectivity index (χ4n) is 3.43. The second-order valence-electron chi connectivity index (χ2n) is 6.48. The lowest BCUT2D eigenvalue weighted by Crippen LogP contribution is -2.25. The predicted octanol–water partition coefficient (Wildman–Crippen LogP) is 4.37. The van der Waals surface area contributed by atoms with E-state index in [1.807, 2.05) is 6.07 Å². The number of carbonyl (C=O) groups excluding carboxylic acids is 1. The van der Waals surface area contributed by atoms with Gasteiger partial charge in [-0.25, -0.2) is 4.98 Å². The Hall–Kier alpha value is -3.29. The molecule has 28 heavy (non-hydrogen) atoms. The van der Waals surface area contributed by atoms with E-state index in [9.17, 15) is 18.0 Å². The van der Waals surface area contributed by atoms with Crippen LogP contribution in [0.5, 0.6) is 5.75 Å². The van der Waals surface area contributed by atoms with Crippen molar-refractivity contribution < 1.29 is 22.7 Å². The molecule has 2 heterocycles. The zero-order chi connectivity index (χ0) is 19.9. The highest BCUT2D eigenvalue weighted by Crippen LogP contribution is 2.40. The summed E-state index contributed by atoms with van der Waals surface area (Å²) in [4.78, 5) is 16.4. The molecule has 1 aliphatic rings. The molecule has 0 aliphatic carbocycles. The Labute approximate surface area is 158 Å². The van der Waals surface area contributed by atoms with Gasteiger partial charge in [0.25, 0.3) is 0 Å². The van der Waals surface area contributed by atoms with Crippen LogP contribution in [0, 0.1) is 0 Å². The molecule has 2 aromatic carbocycles. The van der Waals surface area contributed by atoms with E-state index in [1.54, 1.807) is 42.3 Å². The lowest BCUT2D eigenvalue weighted by Gasteiger charge is -2.25. The summed E-state index contributed by atoms with van der Waals surface area (Å²) in [7, 11) is 1.55. The summed E-state index contributed by atoms with van der Waals surface area (Å²) in [6.45, 7) is 0. The van der Waals surface area contributed by atoms with Gasteiger partial charge in [-0.05, 0) is 23.8 Å². The number of hydrogen-bond acceptors (Lipinski definition) is 3. The molecule has 8 heteroatoms. The van der Waals surface area contributed by atoms with E-state index < -0.39 is 17.7 Å². The molecule has 0 bridgehead atoms. The van der Waals surface area contributed by atoms with Crippen LogP contribution in [-0.4, -0.2) is 22.6 Å². The Kier molecular flexibility index (Phi) is 4.33. The maximum absolute atomic E-state index is 13.2. The number of hydrogen-bond donors (Lipinski definition) is 1. The number of rotatable bonds is 3. The van der Waals surface area contributed by atoms with Crippen molar-refractivity contribution in [3.05, 3.63) is 71.7 Å². The van der Waals surface area contributed by atoms with Gasteiger partial charge in [-0.1, -0.05) is 24.3 Å². The van der Waals surface area contributed by atoms with E-state index in [0.29, 0.717) is 22.8 Å². The number of halogens is 3. The van der Waals surface area contributed by atoms with Crippen molar-refractivity contribution in [2.75, 3.05) is 12.4 Å². The van der Waals surface area contributed by atoms with Gasteiger partial charge in [-0.2, -0.15) is 13.2 Å². The molecule has 1 amide bonds. The van der Waals surface area contributed by atoms with Gasteiger partial charge in [0.2, 0.25) is 5.91 Å². The maximum atomic E-state index is 13.2. The van der Waals surface area contributed by atoms with E-state index in [2.05, 4.69) is 10.3 Å². The molecule has 0 unspecified atom stereocenters. The Bertz CT molecular complexity index is 1040. The third-order valence-electron chi connectivity index (χ3n) is 4.73. The van der Waals surface area contributed by atoms with Crippen molar-refractivity contribution in [1.82, 2.24) is 9.55 Å². The molecular formula is C20H16F3N3O2. The summed E-state index contributed by atoms with van der Waals surface area (Å²) in [5.74, 6) is 0.141. The van der Waals surface area contributed by atoms with Crippen LogP contribution in [-0.2, 0) is 11.0 Å². The standard InChI is InChI=1S/C20H16F3N3O2/c1-28-15-7-3-6-14(9-15)26-11-24-19-18(26)16(10-17(27)25-19)12-4-2-5-13(8-12)20(21,22)23/h2-9,11,16H,10H2,1H3,(H,25,27)/t16-/m0/s1. The Morgan fingerprint density at radius 1 is 1.18 bits per heavy atom. The number of anilines is 1. The SMILES string of the molecule is COc1cccc(-n2cnc3c2[C@H](c2cccc(C(F)(F)F)c2)CC(=O)N3)c1. The first-order chi connectivity index (χ1) is 13.4. The molecule has 0 saturated carbocycles. The number of amides is 1. The quantitative estimate of drug-likeness (QED) is 0.726. The van der Waals surface area contributed by atoms with Crippen LogP contribution in [0.15, 0.2) is 54.9 Å². The van der Waals surface area contributed by atoms with Crippen LogP contribution < -0.4 is 10.1 Å². The summed E-state index contributed by atoms with van der Waals surface area (Å²) < 4.78 is 46.5. The molecule has 144 valence electrons. The molecule has 1 N–H and O–H groups in total. The van der Waals surface area contributed by atoms with Crippen LogP contribution in [0.3, 0.4) is 0 Å². The third-order valence-corrected chi connectivity index (χ3v) is 4.73. The van der Waals surface area contributed by atoms with Crippen molar-refractivity contribution in [2.24, 2.45) is 0 Å². The molecule has 0 fully saturated rings. The molecule has 3 aromatic rings. The Morgan fingerprint density at radius 2 is 1.96 bits per heavy atom. The molecule has 1 aromatic heterocycles. The van der Waals surface area contributed by atoms with E-state index in [1.165, 1.54) is 6.07 Å². The molecular weight excluding hydrogens is 371 g/mol. The van der Waals surface area contributed by atoms with Crippen molar-refractivity contribution in [1.29, 1.82) is 0 Å². The van der Waals surface area contributed by atoms with E-state index in [-0.39, 0.29) is 12.3 Å². The lowest BCUT2D eigenvalue weighted by atomic mass is 9.88. The highest BCUT2D eigenvalue weighted by molar-refractivity contribution is 5.94. The largest absolute Gasteiger partial charge is 0.497 e. The number of fused-ring (bicyclic) bond motifs is 1. The summed E-state index contributed by atoms with van der Waals surface area (Å²) in [6.07, 6.45) is -2.88.